The predicted molar refractivity (Wildman–Crippen MR) is 117 cm³/mol. The van der Waals surface area contributed by atoms with Crippen LogP contribution in [0.1, 0.15) is 56.2 Å². The van der Waals surface area contributed by atoms with Gasteiger partial charge < -0.3 is 16.0 Å². The number of hydrogen-bond acceptors (Lipinski definition) is 6. The standard InChI is InChI=1S/C22H28N6O3/c1-14-10-17(26-18-11-19(24-12-23-18)27-20(30)16-6-7-16)21(31)28(15(14)2)22(25-13-29)8-4-3-5-9-22/h10-13,16H,3-9H2,1-2H3,(H,25,29)(H2,23,24,26,27,30). The highest BCUT2D eigenvalue weighted by atomic mass is 16.2. The Labute approximate surface area is 180 Å². The van der Waals surface area contributed by atoms with Gasteiger partial charge in [-0.15, -0.1) is 0 Å². The Morgan fingerprint density at radius 1 is 1.13 bits per heavy atom. The van der Waals surface area contributed by atoms with E-state index in [-0.39, 0.29) is 17.4 Å². The number of carbonyl (C=O) groups is 2. The van der Waals surface area contributed by atoms with E-state index in [1.54, 1.807) is 16.7 Å². The fraction of sp³-hybridized carbons (Fsp3) is 0.500. The van der Waals surface area contributed by atoms with E-state index in [0.717, 1.165) is 43.4 Å². The largest absolute Gasteiger partial charge is 0.336 e. The smallest absolute Gasteiger partial charge is 0.276 e. The van der Waals surface area contributed by atoms with Crippen molar-refractivity contribution >= 4 is 29.6 Å². The lowest BCUT2D eigenvalue weighted by atomic mass is 9.88. The van der Waals surface area contributed by atoms with Crippen LogP contribution in [0.3, 0.4) is 0 Å². The molecule has 31 heavy (non-hydrogen) atoms. The fourth-order valence-corrected chi connectivity index (χ4v) is 4.32. The highest BCUT2D eigenvalue weighted by Crippen LogP contribution is 2.33. The third-order valence-corrected chi connectivity index (χ3v) is 6.27. The lowest BCUT2D eigenvalue weighted by molar-refractivity contribution is -0.117. The summed E-state index contributed by atoms with van der Waals surface area (Å²) in [6, 6.07) is 3.40. The molecule has 0 radical (unpaired) electrons. The number of carbonyl (C=O) groups excluding carboxylic acids is 2. The van der Waals surface area contributed by atoms with Gasteiger partial charge in [-0.1, -0.05) is 6.42 Å². The summed E-state index contributed by atoms with van der Waals surface area (Å²) in [5, 5.41) is 8.82. The molecule has 9 heteroatoms. The first-order valence-electron chi connectivity index (χ1n) is 10.8. The highest BCUT2D eigenvalue weighted by molar-refractivity contribution is 5.93. The van der Waals surface area contributed by atoms with E-state index in [1.807, 2.05) is 13.8 Å². The van der Waals surface area contributed by atoms with Gasteiger partial charge in [-0.2, -0.15) is 0 Å². The number of aryl methyl sites for hydroxylation is 1. The third kappa shape index (κ3) is 4.30. The molecule has 0 atom stereocenters. The molecule has 0 unspecified atom stereocenters. The van der Waals surface area contributed by atoms with Crippen LogP contribution >= 0.6 is 0 Å². The molecule has 0 saturated heterocycles. The molecular formula is C22H28N6O3. The van der Waals surface area contributed by atoms with Crippen LogP contribution in [0.15, 0.2) is 23.3 Å². The molecule has 2 aromatic rings. The zero-order chi connectivity index (χ0) is 22.0. The summed E-state index contributed by atoms with van der Waals surface area (Å²) in [4.78, 5) is 45.2. The Morgan fingerprint density at radius 3 is 2.52 bits per heavy atom. The molecule has 2 aliphatic rings. The van der Waals surface area contributed by atoms with E-state index in [9.17, 15) is 14.4 Å². The van der Waals surface area contributed by atoms with Gasteiger partial charge in [0, 0.05) is 17.7 Å². The molecule has 2 aromatic heterocycles. The SMILES string of the molecule is Cc1cc(Nc2cc(NC(=O)C3CC3)ncn2)c(=O)n(C2(NC=O)CCCCC2)c1C. The van der Waals surface area contributed by atoms with Crippen LogP contribution in [0.25, 0.3) is 0 Å². The van der Waals surface area contributed by atoms with Crippen molar-refractivity contribution in [3.05, 3.63) is 40.1 Å². The van der Waals surface area contributed by atoms with Crippen LogP contribution in [0, 0.1) is 19.8 Å². The molecule has 0 bridgehead atoms. The van der Waals surface area contributed by atoms with Crippen molar-refractivity contribution < 1.29 is 9.59 Å². The van der Waals surface area contributed by atoms with E-state index < -0.39 is 5.66 Å². The Bertz CT molecular complexity index is 1050. The molecular weight excluding hydrogens is 396 g/mol. The van der Waals surface area contributed by atoms with Crippen molar-refractivity contribution in [3.8, 4) is 0 Å². The summed E-state index contributed by atoms with van der Waals surface area (Å²) >= 11 is 0. The number of aromatic nitrogens is 3. The van der Waals surface area contributed by atoms with Crippen LogP contribution in [0.2, 0.25) is 0 Å². The second-order valence-corrected chi connectivity index (χ2v) is 8.50. The lowest BCUT2D eigenvalue weighted by Gasteiger charge is -2.40. The van der Waals surface area contributed by atoms with Crippen LogP contribution in [-0.2, 0) is 15.3 Å². The van der Waals surface area contributed by atoms with E-state index in [2.05, 4.69) is 25.9 Å². The minimum Gasteiger partial charge on any atom is -0.336 e. The molecule has 3 N–H and O–H groups in total. The van der Waals surface area contributed by atoms with Crippen molar-refractivity contribution in [2.75, 3.05) is 10.6 Å². The molecule has 0 aromatic carbocycles. The maximum Gasteiger partial charge on any atom is 0.276 e. The first-order chi connectivity index (χ1) is 14.9. The molecule has 2 saturated carbocycles. The number of amides is 2. The number of pyridine rings is 1. The lowest BCUT2D eigenvalue weighted by Crippen LogP contribution is -2.53. The van der Waals surface area contributed by atoms with E-state index in [4.69, 9.17) is 0 Å². The number of nitrogens with one attached hydrogen (secondary N) is 3. The van der Waals surface area contributed by atoms with Gasteiger partial charge in [0.15, 0.2) is 0 Å². The monoisotopic (exact) mass is 424 g/mol. The zero-order valence-corrected chi connectivity index (χ0v) is 17.9. The topological polar surface area (TPSA) is 118 Å². The van der Waals surface area contributed by atoms with Gasteiger partial charge in [0.2, 0.25) is 12.3 Å². The predicted octanol–water partition coefficient (Wildman–Crippen LogP) is 2.71. The van der Waals surface area contributed by atoms with Gasteiger partial charge in [-0.05, 0) is 64.0 Å². The Kier molecular flexibility index (Phi) is 5.75. The average Bonchev–Trinajstić information content (AvgIpc) is 3.59. The molecule has 164 valence electrons. The molecule has 2 amide bonds. The van der Waals surface area contributed by atoms with Gasteiger partial charge >= 0.3 is 0 Å². The minimum atomic E-state index is -0.724. The molecule has 2 fully saturated rings. The van der Waals surface area contributed by atoms with E-state index in [1.165, 1.54) is 6.33 Å². The molecule has 9 nitrogen and oxygen atoms in total. The first-order valence-corrected chi connectivity index (χ1v) is 10.8. The second kappa shape index (κ2) is 8.49. The second-order valence-electron chi connectivity index (χ2n) is 8.50. The van der Waals surface area contributed by atoms with Gasteiger partial charge in [0.1, 0.15) is 29.3 Å². The Morgan fingerprint density at radius 2 is 1.84 bits per heavy atom. The van der Waals surface area contributed by atoms with Crippen molar-refractivity contribution in [1.29, 1.82) is 0 Å². The van der Waals surface area contributed by atoms with Gasteiger partial charge in [-0.25, -0.2) is 9.97 Å². The van der Waals surface area contributed by atoms with Crippen LogP contribution in [-0.4, -0.2) is 26.9 Å². The quantitative estimate of drug-likeness (QED) is 0.588. The van der Waals surface area contributed by atoms with Crippen molar-refractivity contribution in [2.24, 2.45) is 5.92 Å². The van der Waals surface area contributed by atoms with Gasteiger partial charge in [0.25, 0.3) is 5.56 Å². The summed E-state index contributed by atoms with van der Waals surface area (Å²) in [6.07, 6.45) is 8.23. The van der Waals surface area contributed by atoms with Crippen molar-refractivity contribution in [2.45, 2.75) is 64.5 Å². The minimum absolute atomic E-state index is 0.0441. The van der Waals surface area contributed by atoms with Crippen LogP contribution in [0.5, 0.6) is 0 Å². The zero-order valence-electron chi connectivity index (χ0n) is 17.9. The molecule has 0 spiro atoms. The number of rotatable bonds is 7. The summed E-state index contributed by atoms with van der Waals surface area (Å²) in [7, 11) is 0. The van der Waals surface area contributed by atoms with Gasteiger partial charge in [0.05, 0.1) is 0 Å². The molecule has 0 aliphatic heterocycles. The summed E-state index contributed by atoms with van der Waals surface area (Å²) in [5.41, 5.74) is 1.17. The molecule has 4 rings (SSSR count). The molecule has 2 heterocycles. The van der Waals surface area contributed by atoms with Crippen LogP contribution in [0.4, 0.5) is 17.3 Å². The number of nitrogens with zero attached hydrogens (tertiary/aromatic N) is 3. The highest BCUT2D eigenvalue weighted by Gasteiger charge is 2.36. The van der Waals surface area contributed by atoms with Crippen molar-refractivity contribution in [3.63, 3.8) is 0 Å². The van der Waals surface area contributed by atoms with Crippen molar-refractivity contribution in [1.82, 2.24) is 19.9 Å². The van der Waals surface area contributed by atoms with E-state index >= 15 is 0 Å². The molecule has 2 aliphatic carbocycles. The summed E-state index contributed by atoms with van der Waals surface area (Å²) in [6.45, 7) is 3.84. The Hall–Kier alpha value is -3.23. The Balaban J connectivity index is 1.67. The summed E-state index contributed by atoms with van der Waals surface area (Å²) in [5.74, 6) is 0.826. The van der Waals surface area contributed by atoms with Gasteiger partial charge in [-0.3, -0.25) is 19.0 Å². The number of anilines is 3. The normalized spacial score (nSPS) is 17.6. The van der Waals surface area contributed by atoms with Crippen LogP contribution < -0.4 is 21.5 Å². The average molecular weight is 425 g/mol. The number of hydrogen-bond donors (Lipinski definition) is 3. The fourth-order valence-electron chi connectivity index (χ4n) is 4.32. The maximum absolute atomic E-state index is 13.5. The summed E-state index contributed by atoms with van der Waals surface area (Å²) < 4.78 is 1.72. The maximum atomic E-state index is 13.5. The first kappa shape index (κ1) is 21.0. The van der Waals surface area contributed by atoms with E-state index in [0.29, 0.717) is 36.6 Å². The third-order valence-electron chi connectivity index (χ3n) is 6.27.